The molecule has 0 bridgehead atoms. The summed E-state index contributed by atoms with van der Waals surface area (Å²) in [6.07, 6.45) is -0.152. The van der Waals surface area contributed by atoms with Gasteiger partial charge in [0.15, 0.2) is 0 Å². The first kappa shape index (κ1) is 20.5. The topological polar surface area (TPSA) is 69.9 Å². The second-order valence-corrected chi connectivity index (χ2v) is 7.92. The normalized spacial score (nSPS) is 22.2. The van der Waals surface area contributed by atoms with Gasteiger partial charge < -0.3 is 15.2 Å². The number of nitrogens with zero attached hydrogens (tertiary/aromatic N) is 2. The molecule has 0 aliphatic carbocycles. The molecule has 3 aromatic rings. The van der Waals surface area contributed by atoms with E-state index < -0.39 is 34.3 Å². The Balaban J connectivity index is 1.94. The number of para-hydroxylation sites is 1. The van der Waals surface area contributed by atoms with E-state index in [2.05, 4.69) is 0 Å². The molecule has 1 aliphatic heterocycles. The fraction of sp³-hybridized carbons (Fsp3) is 0.174. The Morgan fingerprint density at radius 3 is 2.30 bits per heavy atom. The molecule has 0 amide bonds. The summed E-state index contributed by atoms with van der Waals surface area (Å²) in [4.78, 5) is -2.22. The van der Waals surface area contributed by atoms with Crippen LogP contribution in [0.5, 0.6) is 0 Å². The zero-order valence-electron chi connectivity index (χ0n) is 15.7. The minimum Gasteiger partial charge on any atom is -0.625 e. The minimum atomic E-state index is -2.22. The van der Waals surface area contributed by atoms with E-state index in [-0.39, 0.29) is 17.7 Å². The first-order chi connectivity index (χ1) is 14.3. The molecule has 0 N–H and O–H groups in total. The standard InChI is InChI=1S/C23H16ClF2N2O2/c24-18-7-5-16(6-8-18)21-11-17-3-1-2-4-22(17)28(29,30)23(21,14-27)13-15-9-19(25)12-20(26)10-15/h1-10,12,21H,11,13H2/q-1. The highest BCUT2D eigenvalue weighted by molar-refractivity contribution is 6.30. The van der Waals surface area contributed by atoms with E-state index in [4.69, 9.17) is 11.6 Å². The summed E-state index contributed by atoms with van der Waals surface area (Å²) in [6.45, 7) is 0. The van der Waals surface area contributed by atoms with Crippen LogP contribution in [0.15, 0.2) is 66.7 Å². The Labute approximate surface area is 177 Å². The minimum absolute atomic E-state index is 0.0684. The van der Waals surface area contributed by atoms with Crippen molar-refractivity contribution in [1.82, 2.24) is 4.81 Å². The van der Waals surface area contributed by atoms with Gasteiger partial charge >= 0.3 is 0 Å². The van der Waals surface area contributed by atoms with Crippen LogP contribution in [-0.2, 0) is 12.8 Å². The lowest BCUT2D eigenvalue weighted by Crippen LogP contribution is -2.64. The van der Waals surface area contributed by atoms with Crippen molar-refractivity contribution in [1.29, 1.82) is 5.26 Å². The van der Waals surface area contributed by atoms with E-state index in [0.717, 1.165) is 12.1 Å². The SMILES string of the molecule is N#CC1(Cc2cc(F)cc(F)c2)C(c2ccc(Cl)cc2)Cc2ccccc2[N+]1([O-])[O-]. The molecular formula is C23H16ClF2N2O2-. The second-order valence-electron chi connectivity index (χ2n) is 7.48. The first-order valence-electron chi connectivity index (χ1n) is 9.28. The second kappa shape index (κ2) is 7.46. The molecule has 3 aromatic carbocycles. The van der Waals surface area contributed by atoms with Crippen LogP contribution in [-0.4, -0.2) is 5.54 Å². The Kier molecular flexibility index (Phi) is 5.08. The molecule has 0 fully saturated rings. The summed E-state index contributed by atoms with van der Waals surface area (Å²) in [6, 6.07) is 17.7. The lowest BCUT2D eigenvalue weighted by atomic mass is 9.69. The van der Waals surface area contributed by atoms with Gasteiger partial charge in [-0.2, -0.15) is 5.26 Å². The molecule has 2 atom stereocenters. The lowest BCUT2D eigenvalue weighted by Gasteiger charge is -2.62. The van der Waals surface area contributed by atoms with Gasteiger partial charge in [-0.3, -0.25) is 0 Å². The average molecular weight is 426 g/mol. The van der Waals surface area contributed by atoms with Crippen molar-refractivity contribution in [3.63, 3.8) is 0 Å². The van der Waals surface area contributed by atoms with Gasteiger partial charge in [0.25, 0.3) is 0 Å². The maximum atomic E-state index is 13.8. The molecule has 0 radical (unpaired) electrons. The van der Waals surface area contributed by atoms with E-state index in [1.807, 2.05) is 6.07 Å². The smallest absolute Gasteiger partial charge is 0.201 e. The zero-order valence-corrected chi connectivity index (χ0v) is 16.4. The number of hydrogen-bond donors (Lipinski definition) is 0. The van der Waals surface area contributed by atoms with Crippen LogP contribution in [0.25, 0.3) is 0 Å². The Hall–Kier alpha value is -2.82. The molecule has 0 aromatic heterocycles. The van der Waals surface area contributed by atoms with Crippen molar-refractivity contribution in [2.45, 2.75) is 24.3 Å². The average Bonchev–Trinajstić information content (AvgIpc) is 2.70. The molecule has 1 heterocycles. The van der Waals surface area contributed by atoms with Crippen LogP contribution in [0.3, 0.4) is 0 Å². The Bertz CT molecular complexity index is 1120. The summed E-state index contributed by atoms with van der Waals surface area (Å²) in [5.74, 6) is -2.49. The van der Waals surface area contributed by atoms with Gasteiger partial charge in [0, 0.05) is 29.1 Å². The lowest BCUT2D eigenvalue weighted by molar-refractivity contribution is 0.207. The van der Waals surface area contributed by atoms with Crippen LogP contribution >= 0.6 is 11.6 Å². The van der Waals surface area contributed by atoms with Gasteiger partial charge in [-0.25, -0.2) is 8.78 Å². The fourth-order valence-electron chi connectivity index (χ4n) is 4.30. The summed E-state index contributed by atoms with van der Waals surface area (Å²) >= 11 is 5.98. The molecule has 7 heteroatoms. The van der Waals surface area contributed by atoms with Crippen molar-refractivity contribution >= 4 is 17.3 Å². The van der Waals surface area contributed by atoms with Gasteiger partial charge in [-0.1, -0.05) is 41.9 Å². The van der Waals surface area contributed by atoms with Gasteiger partial charge in [-0.15, -0.1) is 0 Å². The number of nitriles is 1. The summed E-state index contributed by atoms with van der Waals surface area (Å²) in [7, 11) is 0. The highest BCUT2D eigenvalue weighted by atomic mass is 35.5. The van der Waals surface area contributed by atoms with Crippen molar-refractivity contribution in [3.05, 3.63) is 110 Å². The quantitative estimate of drug-likeness (QED) is 0.395. The third-order valence-corrected chi connectivity index (χ3v) is 5.95. The molecule has 4 nitrogen and oxygen atoms in total. The number of quaternary nitrogens is 1. The van der Waals surface area contributed by atoms with Crippen molar-refractivity contribution in [3.8, 4) is 6.07 Å². The van der Waals surface area contributed by atoms with Gasteiger partial charge in [0.2, 0.25) is 5.54 Å². The van der Waals surface area contributed by atoms with Gasteiger partial charge in [-0.05, 0) is 41.8 Å². The van der Waals surface area contributed by atoms with E-state index >= 15 is 0 Å². The zero-order chi connectivity index (χ0) is 21.5. The summed E-state index contributed by atoms with van der Waals surface area (Å²) in [5, 5.41) is 37.9. The predicted octanol–water partition coefficient (Wildman–Crippen LogP) is 5.77. The number of rotatable bonds is 3. The first-order valence-corrected chi connectivity index (χ1v) is 9.66. The molecule has 30 heavy (non-hydrogen) atoms. The van der Waals surface area contributed by atoms with Crippen molar-refractivity contribution < 1.29 is 8.78 Å². The summed E-state index contributed by atoms with van der Waals surface area (Å²) < 4.78 is 27.6. The third-order valence-electron chi connectivity index (χ3n) is 5.70. The third kappa shape index (κ3) is 3.26. The number of fused-ring (bicyclic) bond motifs is 1. The van der Waals surface area contributed by atoms with Gasteiger partial charge in [0.1, 0.15) is 23.4 Å². The van der Waals surface area contributed by atoms with Crippen LogP contribution in [0.1, 0.15) is 22.6 Å². The molecule has 152 valence electrons. The van der Waals surface area contributed by atoms with E-state index in [9.17, 15) is 24.5 Å². The molecule has 2 unspecified atom stereocenters. The Morgan fingerprint density at radius 2 is 1.67 bits per heavy atom. The highest BCUT2D eigenvalue weighted by Crippen LogP contribution is 2.50. The molecular weight excluding hydrogens is 410 g/mol. The van der Waals surface area contributed by atoms with Crippen molar-refractivity contribution in [2.24, 2.45) is 0 Å². The van der Waals surface area contributed by atoms with E-state index in [1.165, 1.54) is 6.07 Å². The molecule has 0 spiro atoms. The molecule has 0 saturated carbocycles. The number of hydroxylamine groups is 2. The fourth-order valence-corrected chi connectivity index (χ4v) is 4.43. The number of hydrogen-bond acceptors (Lipinski definition) is 3. The predicted molar refractivity (Wildman–Crippen MR) is 111 cm³/mol. The van der Waals surface area contributed by atoms with Gasteiger partial charge in [0.05, 0.1) is 5.92 Å². The largest absolute Gasteiger partial charge is 0.625 e. The molecule has 1 aliphatic rings. The van der Waals surface area contributed by atoms with E-state index in [0.29, 0.717) is 22.2 Å². The number of halogens is 3. The van der Waals surface area contributed by atoms with Crippen molar-refractivity contribution in [2.75, 3.05) is 0 Å². The van der Waals surface area contributed by atoms with E-state index in [1.54, 1.807) is 42.5 Å². The summed E-state index contributed by atoms with van der Waals surface area (Å²) in [5.41, 5.74) is -0.953. The Morgan fingerprint density at radius 1 is 1.03 bits per heavy atom. The van der Waals surface area contributed by atoms with Crippen LogP contribution < -0.4 is 4.81 Å². The molecule has 0 saturated heterocycles. The monoisotopic (exact) mass is 425 g/mol. The maximum absolute atomic E-state index is 13.8. The highest BCUT2D eigenvalue weighted by Gasteiger charge is 2.54. The van der Waals surface area contributed by atoms with Crippen LogP contribution in [0.4, 0.5) is 14.5 Å². The maximum Gasteiger partial charge on any atom is 0.201 e. The van der Waals surface area contributed by atoms with Crippen LogP contribution in [0.2, 0.25) is 5.02 Å². The van der Waals surface area contributed by atoms with Crippen LogP contribution in [0, 0.1) is 33.4 Å². The number of benzene rings is 3. The molecule has 4 rings (SSSR count).